The maximum absolute atomic E-state index is 0. The van der Waals surface area contributed by atoms with Gasteiger partial charge in [-0.3, -0.25) is 0 Å². The molecule has 2 nitrogen and oxygen atoms in total. The zero-order valence-corrected chi connectivity index (χ0v) is 4.92. The van der Waals surface area contributed by atoms with Crippen LogP contribution in [0.15, 0.2) is 0 Å². The SMILES string of the molecule is O.O.[Co].[Cu].[Ni]. The monoisotopic (exact) mass is 216 g/mol. The van der Waals surface area contributed by atoms with Crippen molar-refractivity contribution >= 4 is 0 Å². The maximum atomic E-state index is 0. The molecule has 0 bridgehead atoms. The van der Waals surface area contributed by atoms with E-state index in [0.29, 0.717) is 0 Å². The van der Waals surface area contributed by atoms with Crippen molar-refractivity contribution in [3.8, 4) is 0 Å². The summed E-state index contributed by atoms with van der Waals surface area (Å²) in [4.78, 5) is 0. The Bertz CT molecular complexity index is 9.61. The molecule has 4 N–H and O–H groups in total. The number of hydrogen-bond donors (Lipinski definition) is 0. The topological polar surface area (TPSA) is 63.0 Å². The van der Waals surface area contributed by atoms with Crippen molar-refractivity contribution in [2.75, 3.05) is 0 Å². The van der Waals surface area contributed by atoms with Gasteiger partial charge in [-0.25, -0.2) is 0 Å². The van der Waals surface area contributed by atoms with Gasteiger partial charge in [-0.1, -0.05) is 0 Å². The van der Waals surface area contributed by atoms with Crippen LogP contribution in [0.25, 0.3) is 0 Å². The first kappa shape index (κ1) is 92.0. The second-order valence-electron chi connectivity index (χ2n) is 0. The zero-order chi connectivity index (χ0) is 0. The molecular weight excluding hydrogens is 213 g/mol. The van der Waals surface area contributed by atoms with Crippen LogP contribution in [-0.2, 0) is 50.3 Å². The molecule has 46 valence electrons. The second-order valence-corrected chi connectivity index (χ2v) is 0. The Hall–Kier alpha value is 1.44. The summed E-state index contributed by atoms with van der Waals surface area (Å²) in [5.41, 5.74) is 0. The second kappa shape index (κ2) is 51.7. The van der Waals surface area contributed by atoms with Crippen LogP contribution >= 0.6 is 0 Å². The summed E-state index contributed by atoms with van der Waals surface area (Å²) >= 11 is 0. The van der Waals surface area contributed by atoms with Gasteiger partial charge in [-0.05, 0) is 0 Å². The number of rotatable bonds is 0. The largest absolute Gasteiger partial charge is 0.412 e. The summed E-state index contributed by atoms with van der Waals surface area (Å²) in [5.74, 6) is 0. The molecule has 2 radical (unpaired) electrons. The zero-order valence-electron chi connectivity index (χ0n) is 1.95. The average molecular weight is 217 g/mol. The molecule has 0 aliphatic carbocycles. The summed E-state index contributed by atoms with van der Waals surface area (Å²) in [6, 6.07) is 0. The van der Waals surface area contributed by atoms with E-state index in [1.165, 1.54) is 0 Å². The van der Waals surface area contributed by atoms with E-state index in [-0.39, 0.29) is 61.3 Å². The van der Waals surface area contributed by atoms with Crippen molar-refractivity contribution in [1.82, 2.24) is 0 Å². The van der Waals surface area contributed by atoms with Gasteiger partial charge in [0, 0.05) is 50.3 Å². The molecule has 0 heterocycles. The minimum atomic E-state index is 0. The maximum Gasteiger partial charge on any atom is 0 e. The van der Waals surface area contributed by atoms with Crippen molar-refractivity contribution in [2.24, 2.45) is 0 Å². The third kappa shape index (κ3) is 31.1. The van der Waals surface area contributed by atoms with Gasteiger partial charge in [0.25, 0.3) is 0 Å². The van der Waals surface area contributed by atoms with Gasteiger partial charge >= 0.3 is 0 Å². The van der Waals surface area contributed by atoms with Gasteiger partial charge in [-0.15, -0.1) is 0 Å². The van der Waals surface area contributed by atoms with Crippen molar-refractivity contribution in [1.29, 1.82) is 0 Å². The fraction of sp³-hybridized carbons (Fsp3) is 0. The minimum Gasteiger partial charge on any atom is -0.412 e. The molecule has 0 amide bonds. The Morgan fingerprint density at radius 1 is 0.800 bits per heavy atom. The Morgan fingerprint density at radius 3 is 0.800 bits per heavy atom. The van der Waals surface area contributed by atoms with E-state index in [9.17, 15) is 0 Å². The summed E-state index contributed by atoms with van der Waals surface area (Å²) in [6.45, 7) is 0. The quantitative estimate of drug-likeness (QED) is 0.436. The standard InChI is InChI=1S/Co.Cu.Ni.2H2O/h;;;2*1H2. The van der Waals surface area contributed by atoms with Crippen LogP contribution in [0.1, 0.15) is 0 Å². The molecule has 0 aromatic heterocycles. The van der Waals surface area contributed by atoms with Crippen LogP contribution in [0.5, 0.6) is 0 Å². The third-order valence-corrected chi connectivity index (χ3v) is 0. The molecule has 0 spiro atoms. The molecule has 0 saturated carbocycles. The van der Waals surface area contributed by atoms with Crippen molar-refractivity contribution in [3.63, 3.8) is 0 Å². The van der Waals surface area contributed by atoms with Crippen LogP contribution in [0, 0.1) is 0 Å². The normalized spacial score (nSPS) is 0. The molecule has 0 aliphatic rings. The van der Waals surface area contributed by atoms with Gasteiger partial charge < -0.3 is 11.0 Å². The van der Waals surface area contributed by atoms with Gasteiger partial charge in [0.2, 0.25) is 0 Å². The first-order chi connectivity index (χ1) is 0. The van der Waals surface area contributed by atoms with Crippen molar-refractivity contribution in [3.05, 3.63) is 0 Å². The van der Waals surface area contributed by atoms with Gasteiger partial charge in [0.15, 0.2) is 0 Å². The van der Waals surface area contributed by atoms with Gasteiger partial charge in [0.1, 0.15) is 0 Å². The predicted octanol–water partition coefficient (Wildman–Crippen LogP) is -1.66. The van der Waals surface area contributed by atoms with Crippen LogP contribution in [0.4, 0.5) is 0 Å². The number of hydrogen-bond acceptors (Lipinski definition) is 0. The van der Waals surface area contributed by atoms with E-state index in [0.717, 1.165) is 0 Å². The predicted molar refractivity (Wildman–Crippen MR) is 7.23 cm³/mol. The molecule has 0 aromatic carbocycles. The van der Waals surface area contributed by atoms with E-state index < -0.39 is 0 Å². The van der Waals surface area contributed by atoms with E-state index >= 15 is 0 Å². The third-order valence-electron chi connectivity index (χ3n) is 0. The molecule has 0 atom stereocenters. The summed E-state index contributed by atoms with van der Waals surface area (Å²) < 4.78 is 0. The molecule has 0 saturated heterocycles. The van der Waals surface area contributed by atoms with E-state index in [2.05, 4.69) is 0 Å². The van der Waals surface area contributed by atoms with Crippen LogP contribution in [0.2, 0.25) is 0 Å². The molecule has 5 heavy (non-hydrogen) atoms. The van der Waals surface area contributed by atoms with E-state index in [1.54, 1.807) is 0 Å². The average Bonchev–Trinajstić information content (AvgIpc) is 0. The Labute approximate surface area is 61.3 Å². The first-order valence-corrected chi connectivity index (χ1v) is 0. The van der Waals surface area contributed by atoms with Crippen molar-refractivity contribution in [2.45, 2.75) is 0 Å². The summed E-state index contributed by atoms with van der Waals surface area (Å²) in [5, 5.41) is 0. The molecular formula is H4CoCuNiO2. The minimum absolute atomic E-state index is 0. The molecule has 0 aromatic rings. The molecule has 0 fully saturated rings. The molecule has 0 aliphatic heterocycles. The fourth-order valence-electron chi connectivity index (χ4n) is 0. The Balaban J connectivity index is 0. The van der Waals surface area contributed by atoms with E-state index in [4.69, 9.17) is 0 Å². The Kier molecular flexibility index (Phi) is 951. The van der Waals surface area contributed by atoms with E-state index in [1.807, 2.05) is 0 Å². The smallest absolute Gasteiger partial charge is 0 e. The van der Waals surface area contributed by atoms with Crippen LogP contribution in [-0.4, -0.2) is 11.0 Å². The fourth-order valence-corrected chi connectivity index (χ4v) is 0. The van der Waals surface area contributed by atoms with Gasteiger partial charge in [0.05, 0.1) is 0 Å². The van der Waals surface area contributed by atoms with Crippen molar-refractivity contribution < 1.29 is 61.3 Å². The summed E-state index contributed by atoms with van der Waals surface area (Å²) in [6.07, 6.45) is 0. The van der Waals surface area contributed by atoms with Gasteiger partial charge in [-0.2, -0.15) is 0 Å². The summed E-state index contributed by atoms with van der Waals surface area (Å²) in [7, 11) is 0. The molecule has 5 heteroatoms. The molecule has 0 rings (SSSR count). The first-order valence-electron chi connectivity index (χ1n) is 0. The van der Waals surface area contributed by atoms with Crippen LogP contribution in [0.3, 0.4) is 0 Å². The molecule has 0 unspecified atom stereocenters. The Morgan fingerprint density at radius 2 is 0.800 bits per heavy atom. The van der Waals surface area contributed by atoms with Crippen LogP contribution < -0.4 is 0 Å².